The number of rotatable bonds is 2. The summed E-state index contributed by atoms with van der Waals surface area (Å²) in [6.45, 7) is 3.62. The number of halogens is 1. The highest BCUT2D eigenvalue weighted by Gasteiger charge is 2.08. The van der Waals surface area contributed by atoms with Crippen molar-refractivity contribution in [2.75, 3.05) is 5.32 Å². The third-order valence-corrected chi connectivity index (χ3v) is 1.85. The molecule has 3 heteroatoms. The largest absolute Gasteiger partial charge is 0.325 e. The molecule has 0 aromatic heterocycles. The van der Waals surface area contributed by atoms with Crippen LogP contribution in [0, 0.1) is 6.92 Å². The summed E-state index contributed by atoms with van der Waals surface area (Å²) in [4.78, 5) is 11.2. The van der Waals surface area contributed by atoms with Gasteiger partial charge in [0.1, 0.15) is 5.38 Å². The molecule has 0 heterocycles. The molecule has 0 radical (unpaired) electrons. The molecule has 0 unspecified atom stereocenters. The Labute approximate surface area is 82.9 Å². The molecule has 0 fully saturated rings. The quantitative estimate of drug-likeness (QED) is 0.726. The first-order valence-electron chi connectivity index (χ1n) is 4.11. The second-order valence-electron chi connectivity index (χ2n) is 2.97. The van der Waals surface area contributed by atoms with Gasteiger partial charge < -0.3 is 5.32 Å². The first-order valence-corrected chi connectivity index (χ1v) is 4.55. The van der Waals surface area contributed by atoms with Crippen molar-refractivity contribution >= 4 is 23.2 Å². The molecule has 0 saturated carbocycles. The van der Waals surface area contributed by atoms with Gasteiger partial charge in [0.15, 0.2) is 0 Å². The van der Waals surface area contributed by atoms with Gasteiger partial charge in [0.05, 0.1) is 0 Å². The van der Waals surface area contributed by atoms with Gasteiger partial charge in [0.2, 0.25) is 5.91 Å². The van der Waals surface area contributed by atoms with E-state index in [1.807, 2.05) is 31.2 Å². The summed E-state index contributed by atoms with van der Waals surface area (Å²) in [6.07, 6.45) is 0. The number of amides is 1. The molecular formula is C10H12ClNO. The molecule has 0 aliphatic rings. The highest BCUT2D eigenvalue weighted by Crippen LogP contribution is 2.10. The van der Waals surface area contributed by atoms with E-state index < -0.39 is 5.38 Å². The van der Waals surface area contributed by atoms with Gasteiger partial charge in [-0.15, -0.1) is 11.6 Å². The number of carbonyl (C=O) groups excluding carboxylic acids is 1. The molecule has 13 heavy (non-hydrogen) atoms. The number of aryl methyl sites for hydroxylation is 1. The number of carbonyl (C=O) groups is 1. The first kappa shape index (κ1) is 10.1. The van der Waals surface area contributed by atoms with Crippen LogP contribution in [0.2, 0.25) is 0 Å². The van der Waals surface area contributed by atoms with E-state index in [4.69, 9.17) is 11.6 Å². The second-order valence-corrected chi connectivity index (χ2v) is 3.63. The molecule has 2 nitrogen and oxygen atoms in total. The third-order valence-electron chi connectivity index (χ3n) is 1.65. The molecule has 1 atom stereocenters. The second kappa shape index (κ2) is 4.28. The summed E-state index contributed by atoms with van der Waals surface area (Å²) < 4.78 is 0. The van der Waals surface area contributed by atoms with Gasteiger partial charge in [-0.3, -0.25) is 4.79 Å². The van der Waals surface area contributed by atoms with Crippen LogP contribution in [0.1, 0.15) is 12.5 Å². The highest BCUT2D eigenvalue weighted by molar-refractivity contribution is 6.32. The van der Waals surface area contributed by atoms with Crippen molar-refractivity contribution in [1.82, 2.24) is 0 Å². The Morgan fingerprint density at radius 1 is 1.54 bits per heavy atom. The maximum atomic E-state index is 11.2. The fourth-order valence-electron chi connectivity index (χ4n) is 0.965. The fourth-order valence-corrected chi connectivity index (χ4v) is 1.02. The van der Waals surface area contributed by atoms with E-state index in [0.717, 1.165) is 11.3 Å². The Kier molecular flexibility index (Phi) is 3.32. The van der Waals surface area contributed by atoms with Gasteiger partial charge in [0.25, 0.3) is 0 Å². The molecule has 70 valence electrons. The summed E-state index contributed by atoms with van der Waals surface area (Å²) in [5, 5.41) is 2.21. The van der Waals surface area contributed by atoms with Crippen LogP contribution in [0.3, 0.4) is 0 Å². The molecule has 1 aromatic rings. The van der Waals surface area contributed by atoms with E-state index in [-0.39, 0.29) is 5.91 Å². The Hall–Kier alpha value is -1.02. The molecule has 1 amide bonds. The molecule has 0 aliphatic carbocycles. The monoisotopic (exact) mass is 197 g/mol. The third kappa shape index (κ3) is 3.07. The zero-order valence-electron chi connectivity index (χ0n) is 7.67. The number of nitrogens with one attached hydrogen (secondary N) is 1. The predicted octanol–water partition coefficient (Wildman–Crippen LogP) is 2.56. The molecule has 0 spiro atoms. The number of alkyl halides is 1. The molecule has 0 aliphatic heterocycles. The number of anilines is 1. The Morgan fingerprint density at radius 3 is 2.77 bits per heavy atom. The van der Waals surface area contributed by atoms with E-state index in [2.05, 4.69) is 5.32 Å². The Morgan fingerprint density at radius 2 is 2.23 bits per heavy atom. The summed E-state index contributed by atoms with van der Waals surface area (Å²) >= 11 is 5.61. The Balaban J connectivity index is 2.69. The lowest BCUT2D eigenvalue weighted by Crippen LogP contribution is -2.20. The summed E-state index contributed by atoms with van der Waals surface area (Å²) in [5.41, 5.74) is 1.90. The van der Waals surface area contributed by atoms with Crippen molar-refractivity contribution in [3.8, 4) is 0 Å². The number of hydrogen-bond acceptors (Lipinski definition) is 1. The van der Waals surface area contributed by atoms with Crippen LogP contribution in [0.25, 0.3) is 0 Å². The fraction of sp³-hybridized carbons (Fsp3) is 0.300. The average Bonchev–Trinajstić information content (AvgIpc) is 2.04. The van der Waals surface area contributed by atoms with Crippen molar-refractivity contribution in [3.63, 3.8) is 0 Å². The van der Waals surface area contributed by atoms with E-state index in [9.17, 15) is 4.79 Å². The maximum Gasteiger partial charge on any atom is 0.242 e. The smallest absolute Gasteiger partial charge is 0.242 e. The van der Waals surface area contributed by atoms with E-state index in [0.29, 0.717) is 0 Å². The molecule has 0 bridgehead atoms. The van der Waals surface area contributed by atoms with Gasteiger partial charge in [-0.25, -0.2) is 0 Å². The van der Waals surface area contributed by atoms with Crippen molar-refractivity contribution < 1.29 is 4.79 Å². The van der Waals surface area contributed by atoms with Crippen LogP contribution in [-0.2, 0) is 4.79 Å². The van der Waals surface area contributed by atoms with Gasteiger partial charge in [0, 0.05) is 5.69 Å². The lowest BCUT2D eigenvalue weighted by molar-refractivity contribution is -0.115. The lowest BCUT2D eigenvalue weighted by atomic mass is 10.2. The van der Waals surface area contributed by atoms with Crippen molar-refractivity contribution in [1.29, 1.82) is 0 Å². The molecule has 1 aromatic carbocycles. The zero-order valence-corrected chi connectivity index (χ0v) is 8.43. The summed E-state index contributed by atoms with van der Waals surface area (Å²) in [7, 11) is 0. The van der Waals surface area contributed by atoms with Gasteiger partial charge in [-0.2, -0.15) is 0 Å². The maximum absolute atomic E-state index is 11.2. The SMILES string of the molecule is Cc1cccc(NC(=O)[C@@H](C)Cl)c1. The van der Waals surface area contributed by atoms with Gasteiger partial charge in [-0.05, 0) is 31.5 Å². The normalized spacial score (nSPS) is 12.2. The number of hydrogen-bond donors (Lipinski definition) is 1. The van der Waals surface area contributed by atoms with Crippen LogP contribution in [0.15, 0.2) is 24.3 Å². The minimum atomic E-state index is -0.500. The molecule has 1 N–H and O–H groups in total. The molecular weight excluding hydrogens is 186 g/mol. The number of benzene rings is 1. The topological polar surface area (TPSA) is 29.1 Å². The average molecular weight is 198 g/mol. The zero-order chi connectivity index (χ0) is 9.84. The van der Waals surface area contributed by atoms with Gasteiger partial charge in [-0.1, -0.05) is 12.1 Å². The van der Waals surface area contributed by atoms with E-state index in [1.165, 1.54) is 0 Å². The van der Waals surface area contributed by atoms with Crippen LogP contribution >= 0.6 is 11.6 Å². The Bertz CT molecular complexity index is 310. The first-order chi connectivity index (χ1) is 6.09. The minimum absolute atomic E-state index is 0.174. The van der Waals surface area contributed by atoms with Crippen molar-refractivity contribution in [2.45, 2.75) is 19.2 Å². The lowest BCUT2D eigenvalue weighted by Gasteiger charge is -2.06. The molecule has 1 rings (SSSR count). The highest BCUT2D eigenvalue weighted by atomic mass is 35.5. The standard InChI is InChI=1S/C10H12ClNO/c1-7-4-3-5-9(6-7)12-10(13)8(2)11/h3-6,8H,1-2H3,(H,12,13)/t8-/m1/s1. The van der Waals surface area contributed by atoms with Crippen molar-refractivity contribution in [3.05, 3.63) is 29.8 Å². The summed E-state index contributed by atoms with van der Waals surface area (Å²) in [6, 6.07) is 7.60. The summed E-state index contributed by atoms with van der Waals surface area (Å²) in [5.74, 6) is -0.174. The minimum Gasteiger partial charge on any atom is -0.325 e. The van der Waals surface area contributed by atoms with Crippen LogP contribution < -0.4 is 5.32 Å². The van der Waals surface area contributed by atoms with Crippen LogP contribution in [-0.4, -0.2) is 11.3 Å². The van der Waals surface area contributed by atoms with Crippen LogP contribution in [0.4, 0.5) is 5.69 Å². The van der Waals surface area contributed by atoms with E-state index in [1.54, 1.807) is 6.92 Å². The predicted molar refractivity (Wildman–Crippen MR) is 55.1 cm³/mol. The van der Waals surface area contributed by atoms with Crippen LogP contribution in [0.5, 0.6) is 0 Å². The molecule has 0 saturated heterocycles. The van der Waals surface area contributed by atoms with Crippen molar-refractivity contribution in [2.24, 2.45) is 0 Å². The van der Waals surface area contributed by atoms with Gasteiger partial charge >= 0.3 is 0 Å². The van der Waals surface area contributed by atoms with E-state index >= 15 is 0 Å².